The van der Waals surface area contributed by atoms with Crippen LogP contribution in [0.5, 0.6) is 0 Å². The van der Waals surface area contributed by atoms with Gasteiger partial charge in [-0.25, -0.2) is 4.99 Å². The Balaban J connectivity index is 1.55. The van der Waals surface area contributed by atoms with E-state index in [1.54, 1.807) is 11.9 Å². The average molecular weight is 412 g/mol. The number of fused-ring (bicyclic) bond motifs is 1. The zero-order valence-corrected chi connectivity index (χ0v) is 17.5. The van der Waals surface area contributed by atoms with E-state index < -0.39 is 6.17 Å². The Kier molecular flexibility index (Phi) is 6.22. The molecule has 0 aromatic heterocycles. The molecule has 3 aromatic carbocycles. The number of benzodiazepines with no additional fused rings is 1. The first-order chi connectivity index (χ1) is 15.1. The van der Waals surface area contributed by atoms with Gasteiger partial charge in [-0.1, -0.05) is 78.9 Å². The highest BCUT2D eigenvalue weighted by Gasteiger charge is 2.30. The molecule has 0 unspecified atom stereocenters. The van der Waals surface area contributed by atoms with Crippen molar-refractivity contribution in [1.29, 1.82) is 0 Å². The van der Waals surface area contributed by atoms with Gasteiger partial charge in [0.2, 0.25) is 12.1 Å². The summed E-state index contributed by atoms with van der Waals surface area (Å²) in [6.07, 6.45) is 0.904. The number of carbonyl (C=O) groups excluding carboxylic acids is 2. The molecule has 1 N–H and O–H groups in total. The molecule has 4 rings (SSSR count). The molecule has 5 heteroatoms. The van der Waals surface area contributed by atoms with E-state index in [-0.39, 0.29) is 11.8 Å². The van der Waals surface area contributed by atoms with Crippen LogP contribution in [0.1, 0.15) is 29.5 Å². The van der Waals surface area contributed by atoms with Crippen LogP contribution in [0.2, 0.25) is 0 Å². The molecule has 3 aromatic rings. The molecule has 0 bridgehead atoms. The fraction of sp³-hybridized carbons (Fsp3) is 0.192. The van der Waals surface area contributed by atoms with E-state index in [1.165, 1.54) is 5.56 Å². The molecular formula is C26H25N3O2. The van der Waals surface area contributed by atoms with Crippen molar-refractivity contribution in [1.82, 2.24) is 5.32 Å². The zero-order chi connectivity index (χ0) is 21.6. The number of hydrogen-bond donors (Lipinski definition) is 1. The fourth-order valence-corrected chi connectivity index (χ4v) is 3.76. The van der Waals surface area contributed by atoms with E-state index in [4.69, 9.17) is 4.99 Å². The SMILES string of the molecule is CN1C(=O)[C@H](NC(=O)CCCc2ccccc2)N=C(c2ccccc2)c2ccccc21. The van der Waals surface area contributed by atoms with Crippen LogP contribution in [-0.4, -0.2) is 30.7 Å². The maximum atomic E-state index is 13.1. The number of nitrogens with zero attached hydrogens (tertiary/aromatic N) is 2. The van der Waals surface area contributed by atoms with Crippen molar-refractivity contribution in [2.45, 2.75) is 25.4 Å². The molecule has 1 heterocycles. The molecule has 1 atom stereocenters. The van der Waals surface area contributed by atoms with Crippen LogP contribution in [0.15, 0.2) is 89.9 Å². The van der Waals surface area contributed by atoms with Gasteiger partial charge in [-0.05, 0) is 24.5 Å². The molecule has 0 fully saturated rings. The zero-order valence-electron chi connectivity index (χ0n) is 17.5. The molecule has 0 radical (unpaired) electrons. The lowest BCUT2D eigenvalue weighted by Crippen LogP contribution is -2.46. The summed E-state index contributed by atoms with van der Waals surface area (Å²) in [5.41, 5.74) is 4.44. The van der Waals surface area contributed by atoms with Crippen LogP contribution in [0, 0.1) is 0 Å². The molecule has 1 aliphatic heterocycles. The highest BCUT2D eigenvalue weighted by Crippen LogP contribution is 2.27. The van der Waals surface area contributed by atoms with Crippen molar-refractivity contribution in [3.8, 4) is 0 Å². The van der Waals surface area contributed by atoms with E-state index in [9.17, 15) is 9.59 Å². The summed E-state index contributed by atoms with van der Waals surface area (Å²) in [4.78, 5) is 32.0. The van der Waals surface area contributed by atoms with Crippen LogP contribution >= 0.6 is 0 Å². The van der Waals surface area contributed by atoms with Crippen molar-refractivity contribution >= 4 is 23.2 Å². The monoisotopic (exact) mass is 411 g/mol. The second-order valence-electron chi connectivity index (χ2n) is 7.57. The van der Waals surface area contributed by atoms with E-state index >= 15 is 0 Å². The number of aryl methyl sites for hydroxylation is 1. The Hall–Kier alpha value is -3.73. The summed E-state index contributed by atoms with van der Waals surface area (Å²) in [7, 11) is 1.72. The summed E-state index contributed by atoms with van der Waals surface area (Å²) in [5, 5.41) is 2.84. The van der Waals surface area contributed by atoms with Gasteiger partial charge in [0.15, 0.2) is 0 Å². The Bertz CT molecular complexity index is 1090. The smallest absolute Gasteiger partial charge is 0.272 e. The van der Waals surface area contributed by atoms with Gasteiger partial charge in [-0.3, -0.25) is 9.59 Å². The highest BCUT2D eigenvalue weighted by molar-refractivity contribution is 6.20. The predicted octanol–water partition coefficient (Wildman–Crippen LogP) is 3.97. The third kappa shape index (κ3) is 4.72. The summed E-state index contributed by atoms with van der Waals surface area (Å²) < 4.78 is 0. The summed E-state index contributed by atoms with van der Waals surface area (Å²) in [6, 6.07) is 27.5. The van der Waals surface area contributed by atoms with Crippen LogP contribution in [0.4, 0.5) is 5.69 Å². The quantitative estimate of drug-likeness (QED) is 0.667. The molecule has 0 saturated carbocycles. The van der Waals surface area contributed by atoms with Gasteiger partial charge >= 0.3 is 0 Å². The molecule has 5 nitrogen and oxygen atoms in total. The fourth-order valence-electron chi connectivity index (χ4n) is 3.76. The molecule has 0 spiro atoms. The summed E-state index contributed by atoms with van der Waals surface area (Å²) in [6.45, 7) is 0. The van der Waals surface area contributed by atoms with E-state index in [2.05, 4.69) is 17.4 Å². The minimum atomic E-state index is -0.961. The van der Waals surface area contributed by atoms with Gasteiger partial charge in [0.25, 0.3) is 5.91 Å². The lowest BCUT2D eigenvalue weighted by atomic mass is 10.0. The average Bonchev–Trinajstić information content (AvgIpc) is 2.91. The molecule has 31 heavy (non-hydrogen) atoms. The van der Waals surface area contributed by atoms with Gasteiger partial charge in [-0.15, -0.1) is 0 Å². The van der Waals surface area contributed by atoms with E-state index in [1.807, 2.05) is 72.8 Å². The lowest BCUT2D eigenvalue weighted by Gasteiger charge is -2.20. The number of carbonyl (C=O) groups is 2. The van der Waals surface area contributed by atoms with Crippen molar-refractivity contribution < 1.29 is 9.59 Å². The number of benzene rings is 3. The maximum Gasteiger partial charge on any atom is 0.272 e. The van der Waals surface area contributed by atoms with Crippen LogP contribution < -0.4 is 10.2 Å². The number of para-hydroxylation sites is 1. The van der Waals surface area contributed by atoms with Crippen molar-refractivity contribution in [3.05, 3.63) is 102 Å². The van der Waals surface area contributed by atoms with Crippen LogP contribution in [-0.2, 0) is 16.0 Å². The standard InChI is InChI=1S/C26H25N3O2/c1-29-22-17-9-8-16-21(22)24(20-14-6-3-7-15-20)28-25(26(29)31)27-23(30)18-10-13-19-11-4-2-5-12-19/h2-9,11-12,14-17,25H,10,13,18H2,1H3,(H,27,30)/t25-/m1/s1. The Labute approximate surface area is 182 Å². The first-order valence-electron chi connectivity index (χ1n) is 10.5. The van der Waals surface area contributed by atoms with Gasteiger partial charge < -0.3 is 10.2 Å². The first kappa shape index (κ1) is 20.5. The first-order valence-corrected chi connectivity index (χ1v) is 10.5. The van der Waals surface area contributed by atoms with Crippen molar-refractivity contribution in [2.75, 3.05) is 11.9 Å². The number of nitrogens with one attached hydrogen (secondary N) is 1. The molecular weight excluding hydrogens is 386 g/mol. The van der Waals surface area contributed by atoms with E-state index in [0.717, 1.165) is 23.2 Å². The van der Waals surface area contributed by atoms with Gasteiger partial charge in [0.05, 0.1) is 11.4 Å². The second kappa shape index (κ2) is 9.39. The number of anilines is 1. The number of likely N-dealkylation sites (N-methyl/N-ethyl adjacent to an activating group) is 1. The summed E-state index contributed by atoms with van der Waals surface area (Å²) in [5.74, 6) is -0.431. The van der Waals surface area contributed by atoms with Crippen molar-refractivity contribution in [2.24, 2.45) is 4.99 Å². The van der Waals surface area contributed by atoms with E-state index in [0.29, 0.717) is 18.6 Å². The number of amides is 2. The Morgan fingerprint density at radius 1 is 0.935 bits per heavy atom. The molecule has 1 aliphatic rings. The van der Waals surface area contributed by atoms with Gasteiger partial charge in [0.1, 0.15) is 0 Å². The predicted molar refractivity (Wildman–Crippen MR) is 123 cm³/mol. The highest BCUT2D eigenvalue weighted by atomic mass is 16.2. The Morgan fingerprint density at radius 2 is 1.58 bits per heavy atom. The van der Waals surface area contributed by atoms with Crippen LogP contribution in [0.25, 0.3) is 0 Å². The second-order valence-corrected chi connectivity index (χ2v) is 7.57. The molecule has 0 aliphatic carbocycles. The third-order valence-corrected chi connectivity index (χ3v) is 5.40. The van der Waals surface area contributed by atoms with Crippen molar-refractivity contribution in [3.63, 3.8) is 0 Å². The maximum absolute atomic E-state index is 13.1. The number of aliphatic imine (C=N–C) groups is 1. The molecule has 156 valence electrons. The third-order valence-electron chi connectivity index (χ3n) is 5.40. The minimum Gasteiger partial charge on any atom is -0.327 e. The normalized spacial score (nSPS) is 15.6. The topological polar surface area (TPSA) is 61.8 Å². The molecule has 0 saturated heterocycles. The number of rotatable bonds is 6. The largest absolute Gasteiger partial charge is 0.327 e. The number of hydrogen-bond acceptors (Lipinski definition) is 3. The summed E-state index contributed by atoms with van der Waals surface area (Å²) >= 11 is 0. The molecule has 2 amide bonds. The minimum absolute atomic E-state index is 0.176. The Morgan fingerprint density at radius 3 is 2.32 bits per heavy atom. The van der Waals surface area contributed by atoms with Gasteiger partial charge in [-0.2, -0.15) is 0 Å². The lowest BCUT2D eigenvalue weighted by molar-refractivity contribution is -0.127. The van der Waals surface area contributed by atoms with Crippen LogP contribution in [0.3, 0.4) is 0 Å². The van der Waals surface area contributed by atoms with Gasteiger partial charge in [0, 0.05) is 24.6 Å².